The van der Waals surface area contributed by atoms with Gasteiger partial charge in [-0.1, -0.05) is 12.1 Å². The Bertz CT molecular complexity index is 488. The molecule has 0 bridgehead atoms. The molecule has 0 aliphatic carbocycles. The molecule has 0 heterocycles. The number of aliphatic hydroxyl groups excluding tert-OH is 1. The van der Waals surface area contributed by atoms with Gasteiger partial charge in [-0.15, -0.1) is 0 Å². The van der Waals surface area contributed by atoms with Gasteiger partial charge in [-0.2, -0.15) is 17.4 Å². The second-order valence-corrected chi connectivity index (χ2v) is 5.90. The van der Waals surface area contributed by atoms with Gasteiger partial charge in [0.05, 0.1) is 13.2 Å². The Hall–Kier alpha value is -1.15. The molecule has 0 amide bonds. The van der Waals surface area contributed by atoms with Crippen molar-refractivity contribution < 1.29 is 18.3 Å². The van der Waals surface area contributed by atoms with Crippen LogP contribution in [0.15, 0.2) is 24.3 Å². The van der Waals surface area contributed by atoms with E-state index in [2.05, 4.69) is 4.72 Å². The van der Waals surface area contributed by atoms with Gasteiger partial charge in [0, 0.05) is 20.6 Å². The molecule has 0 aliphatic heterocycles. The average Bonchev–Trinajstić information content (AvgIpc) is 2.36. The minimum absolute atomic E-state index is 0.0896. The van der Waals surface area contributed by atoms with Crippen molar-refractivity contribution >= 4 is 10.2 Å². The SMILES string of the molecule is COc1cccc(C(O)CNS(=O)(=O)N(C)C)c1. The lowest BCUT2D eigenvalue weighted by atomic mass is 10.1. The molecule has 1 aromatic rings. The molecule has 102 valence electrons. The van der Waals surface area contributed by atoms with Gasteiger partial charge in [0.15, 0.2) is 0 Å². The predicted octanol–water partition coefficient (Wildman–Crippen LogP) is 0.125. The Balaban J connectivity index is 2.68. The van der Waals surface area contributed by atoms with E-state index in [9.17, 15) is 13.5 Å². The highest BCUT2D eigenvalue weighted by Gasteiger charge is 2.16. The Morgan fingerprint density at radius 1 is 1.44 bits per heavy atom. The summed E-state index contributed by atoms with van der Waals surface area (Å²) >= 11 is 0. The van der Waals surface area contributed by atoms with Crippen LogP contribution < -0.4 is 9.46 Å². The fraction of sp³-hybridized carbons (Fsp3) is 0.455. The van der Waals surface area contributed by atoms with Crippen molar-refractivity contribution in [2.75, 3.05) is 27.7 Å². The van der Waals surface area contributed by atoms with E-state index in [-0.39, 0.29) is 6.54 Å². The summed E-state index contributed by atoms with van der Waals surface area (Å²) in [5.74, 6) is 0.613. The molecule has 1 rings (SSSR count). The van der Waals surface area contributed by atoms with Crippen molar-refractivity contribution in [3.8, 4) is 5.75 Å². The molecule has 0 spiro atoms. The zero-order valence-corrected chi connectivity index (χ0v) is 11.4. The monoisotopic (exact) mass is 274 g/mol. The smallest absolute Gasteiger partial charge is 0.279 e. The van der Waals surface area contributed by atoms with Gasteiger partial charge in [0.25, 0.3) is 10.2 Å². The van der Waals surface area contributed by atoms with Gasteiger partial charge in [0.2, 0.25) is 0 Å². The fourth-order valence-electron chi connectivity index (χ4n) is 1.28. The highest BCUT2D eigenvalue weighted by Crippen LogP contribution is 2.18. The number of hydrogen-bond acceptors (Lipinski definition) is 4. The maximum atomic E-state index is 11.5. The molecule has 1 atom stereocenters. The summed E-state index contributed by atoms with van der Waals surface area (Å²) in [6, 6.07) is 6.85. The first-order valence-corrected chi connectivity index (χ1v) is 6.80. The zero-order chi connectivity index (χ0) is 13.8. The Kier molecular flexibility index (Phi) is 5.09. The van der Waals surface area contributed by atoms with Crippen LogP contribution in [0.4, 0.5) is 0 Å². The maximum Gasteiger partial charge on any atom is 0.279 e. The van der Waals surface area contributed by atoms with Gasteiger partial charge in [0.1, 0.15) is 5.75 Å². The van der Waals surface area contributed by atoms with Gasteiger partial charge >= 0.3 is 0 Å². The number of hydrogen-bond donors (Lipinski definition) is 2. The van der Waals surface area contributed by atoms with E-state index in [1.807, 2.05) is 0 Å². The highest BCUT2D eigenvalue weighted by molar-refractivity contribution is 7.87. The molecular weight excluding hydrogens is 256 g/mol. The first-order chi connectivity index (χ1) is 8.36. The Morgan fingerprint density at radius 3 is 2.67 bits per heavy atom. The largest absolute Gasteiger partial charge is 0.497 e. The van der Waals surface area contributed by atoms with Crippen LogP contribution in [0.2, 0.25) is 0 Å². The maximum absolute atomic E-state index is 11.5. The van der Waals surface area contributed by atoms with E-state index in [1.165, 1.54) is 21.2 Å². The van der Waals surface area contributed by atoms with Crippen molar-refractivity contribution in [2.24, 2.45) is 0 Å². The molecule has 0 saturated heterocycles. The Morgan fingerprint density at radius 2 is 2.11 bits per heavy atom. The summed E-state index contributed by atoms with van der Waals surface area (Å²) in [5.41, 5.74) is 0.593. The normalized spacial score (nSPS) is 13.6. The van der Waals surface area contributed by atoms with Gasteiger partial charge < -0.3 is 9.84 Å². The molecule has 2 N–H and O–H groups in total. The van der Waals surface area contributed by atoms with Crippen LogP contribution in [0.1, 0.15) is 11.7 Å². The van der Waals surface area contributed by atoms with Crippen LogP contribution in [-0.2, 0) is 10.2 Å². The third-order valence-corrected chi connectivity index (χ3v) is 3.91. The van der Waals surface area contributed by atoms with Gasteiger partial charge in [-0.05, 0) is 17.7 Å². The van der Waals surface area contributed by atoms with E-state index in [1.54, 1.807) is 24.3 Å². The van der Waals surface area contributed by atoms with E-state index in [4.69, 9.17) is 4.74 Å². The number of methoxy groups -OCH3 is 1. The first-order valence-electron chi connectivity index (χ1n) is 5.36. The standard InChI is InChI=1S/C11H18N2O4S/c1-13(2)18(15,16)12-8-11(14)9-5-4-6-10(7-9)17-3/h4-7,11-12,14H,8H2,1-3H3. The van der Waals surface area contributed by atoms with Crippen molar-refractivity contribution in [1.29, 1.82) is 0 Å². The van der Waals surface area contributed by atoms with Crippen molar-refractivity contribution in [1.82, 2.24) is 9.03 Å². The topological polar surface area (TPSA) is 78.9 Å². The molecule has 0 aliphatic rings. The zero-order valence-electron chi connectivity index (χ0n) is 10.6. The van der Waals surface area contributed by atoms with Crippen LogP contribution in [0.25, 0.3) is 0 Å². The molecule has 0 aromatic heterocycles. The molecule has 1 unspecified atom stereocenters. The minimum Gasteiger partial charge on any atom is -0.497 e. The van der Waals surface area contributed by atoms with E-state index >= 15 is 0 Å². The lowest BCUT2D eigenvalue weighted by Gasteiger charge is -2.16. The number of aliphatic hydroxyl groups is 1. The molecule has 1 aromatic carbocycles. The van der Waals surface area contributed by atoms with E-state index < -0.39 is 16.3 Å². The summed E-state index contributed by atoms with van der Waals surface area (Å²) in [4.78, 5) is 0. The van der Waals surface area contributed by atoms with Crippen molar-refractivity contribution in [3.05, 3.63) is 29.8 Å². The molecular formula is C11H18N2O4S. The molecule has 6 nitrogen and oxygen atoms in total. The van der Waals surface area contributed by atoms with Gasteiger partial charge in [-0.3, -0.25) is 0 Å². The average molecular weight is 274 g/mol. The lowest BCUT2D eigenvalue weighted by Crippen LogP contribution is -2.37. The highest BCUT2D eigenvalue weighted by atomic mass is 32.2. The molecule has 0 fully saturated rings. The van der Waals surface area contributed by atoms with E-state index in [0.29, 0.717) is 11.3 Å². The van der Waals surface area contributed by atoms with Crippen LogP contribution in [0.5, 0.6) is 5.75 Å². The second-order valence-electron chi connectivity index (χ2n) is 3.93. The summed E-state index contributed by atoms with van der Waals surface area (Å²) in [6.07, 6.45) is -0.921. The number of nitrogens with zero attached hydrogens (tertiary/aromatic N) is 1. The van der Waals surface area contributed by atoms with Crippen LogP contribution >= 0.6 is 0 Å². The third kappa shape index (κ3) is 3.95. The fourth-order valence-corrected chi connectivity index (χ4v) is 1.91. The molecule has 0 radical (unpaired) electrons. The molecule has 7 heteroatoms. The van der Waals surface area contributed by atoms with Gasteiger partial charge in [-0.25, -0.2) is 0 Å². The first kappa shape index (κ1) is 14.9. The summed E-state index contributed by atoms with van der Waals surface area (Å²) in [5, 5.41) is 9.88. The number of nitrogens with one attached hydrogen (secondary N) is 1. The quantitative estimate of drug-likeness (QED) is 0.772. The predicted molar refractivity (Wildman–Crippen MR) is 68.6 cm³/mol. The summed E-state index contributed by atoms with van der Waals surface area (Å²) in [6.45, 7) is -0.0896. The third-order valence-electron chi connectivity index (χ3n) is 2.42. The minimum atomic E-state index is -3.52. The summed E-state index contributed by atoms with van der Waals surface area (Å²) in [7, 11) is 0.837. The summed E-state index contributed by atoms with van der Waals surface area (Å²) < 4.78 is 31.3. The molecule has 0 saturated carbocycles. The van der Waals surface area contributed by atoms with Crippen LogP contribution in [-0.4, -0.2) is 45.6 Å². The number of ether oxygens (including phenoxy) is 1. The molecule has 18 heavy (non-hydrogen) atoms. The van der Waals surface area contributed by atoms with Crippen molar-refractivity contribution in [2.45, 2.75) is 6.10 Å². The van der Waals surface area contributed by atoms with Crippen molar-refractivity contribution in [3.63, 3.8) is 0 Å². The second kappa shape index (κ2) is 6.14. The van der Waals surface area contributed by atoms with E-state index in [0.717, 1.165) is 4.31 Å². The van der Waals surface area contributed by atoms with Crippen LogP contribution in [0.3, 0.4) is 0 Å². The van der Waals surface area contributed by atoms with Crippen LogP contribution in [0, 0.1) is 0 Å². The Labute approximate surface area is 107 Å². The number of rotatable bonds is 6. The lowest BCUT2D eigenvalue weighted by molar-refractivity contribution is 0.181. The number of benzene rings is 1.